The lowest BCUT2D eigenvalue weighted by molar-refractivity contribution is -0.137. The number of benzene rings is 1. The topological polar surface area (TPSA) is 46.5 Å². The van der Waals surface area contributed by atoms with Gasteiger partial charge in [0.05, 0.1) is 12.3 Å². The number of hydrogen-bond acceptors (Lipinski definition) is 2. The lowest BCUT2D eigenvalue weighted by Gasteiger charge is -2.22. The average molecular weight is 286 g/mol. The largest absolute Gasteiger partial charge is 0.487 e. The molecule has 0 amide bonds. The smallest absolute Gasteiger partial charge is 0.304 e. The van der Waals surface area contributed by atoms with Gasteiger partial charge in [-0.15, -0.1) is 5.92 Å². The van der Waals surface area contributed by atoms with Gasteiger partial charge in [-0.1, -0.05) is 31.9 Å². The molecular weight excluding hydrogens is 264 g/mol. The first-order valence-corrected chi connectivity index (χ1v) is 7.40. The number of aliphatic carboxylic acids is 1. The highest BCUT2D eigenvalue weighted by Crippen LogP contribution is 2.46. The van der Waals surface area contributed by atoms with Gasteiger partial charge in [-0.05, 0) is 43.4 Å². The van der Waals surface area contributed by atoms with Crippen LogP contribution in [-0.2, 0) is 4.79 Å². The van der Waals surface area contributed by atoms with Crippen LogP contribution >= 0.6 is 0 Å². The lowest BCUT2D eigenvalue weighted by Crippen LogP contribution is -2.24. The fourth-order valence-corrected chi connectivity index (χ4v) is 2.52. The second-order valence-electron chi connectivity index (χ2n) is 5.94. The molecular formula is C18H22O3. The Bertz CT molecular complexity index is 556. The number of carboxylic acid groups (broad SMARTS) is 1. The maximum absolute atomic E-state index is 10.9. The molecule has 3 heteroatoms. The molecule has 1 saturated carbocycles. The van der Waals surface area contributed by atoms with E-state index in [4.69, 9.17) is 9.84 Å². The Hall–Kier alpha value is -1.95. The molecule has 1 N–H and O–H groups in total. The van der Waals surface area contributed by atoms with Gasteiger partial charge in [-0.25, -0.2) is 0 Å². The maximum atomic E-state index is 10.9. The Morgan fingerprint density at radius 1 is 1.33 bits per heavy atom. The summed E-state index contributed by atoms with van der Waals surface area (Å²) in [4.78, 5) is 10.9. The summed E-state index contributed by atoms with van der Waals surface area (Å²) in [5.74, 6) is 6.02. The van der Waals surface area contributed by atoms with Crippen LogP contribution in [-0.4, -0.2) is 16.7 Å². The Labute approximate surface area is 126 Å². The molecule has 0 aromatic heterocycles. The van der Waals surface area contributed by atoms with E-state index >= 15 is 0 Å². The summed E-state index contributed by atoms with van der Waals surface area (Å²) in [5.41, 5.74) is 0.930. The summed E-state index contributed by atoms with van der Waals surface area (Å²) in [5, 5.41) is 8.96. The monoisotopic (exact) mass is 286 g/mol. The van der Waals surface area contributed by atoms with Crippen molar-refractivity contribution in [2.75, 3.05) is 0 Å². The summed E-state index contributed by atoms with van der Waals surface area (Å²) < 4.78 is 6.10. The van der Waals surface area contributed by atoms with Gasteiger partial charge in [0, 0.05) is 0 Å². The van der Waals surface area contributed by atoms with Crippen LogP contribution in [0.1, 0.15) is 51.5 Å². The van der Waals surface area contributed by atoms with Crippen LogP contribution in [0.25, 0.3) is 0 Å². The van der Waals surface area contributed by atoms with E-state index in [0.717, 1.165) is 24.2 Å². The maximum Gasteiger partial charge on any atom is 0.304 e. The van der Waals surface area contributed by atoms with Gasteiger partial charge < -0.3 is 9.84 Å². The zero-order valence-electron chi connectivity index (χ0n) is 12.8. The third-order valence-electron chi connectivity index (χ3n) is 4.10. The van der Waals surface area contributed by atoms with Crippen molar-refractivity contribution in [2.45, 2.75) is 51.6 Å². The molecule has 1 fully saturated rings. The van der Waals surface area contributed by atoms with Crippen LogP contribution in [0.2, 0.25) is 0 Å². The summed E-state index contributed by atoms with van der Waals surface area (Å²) in [6.07, 6.45) is 2.24. The highest BCUT2D eigenvalue weighted by molar-refractivity contribution is 5.69. The second kappa shape index (κ2) is 6.22. The Morgan fingerprint density at radius 2 is 1.95 bits per heavy atom. The van der Waals surface area contributed by atoms with Crippen molar-refractivity contribution in [3.05, 3.63) is 29.8 Å². The van der Waals surface area contributed by atoms with Crippen LogP contribution in [0.5, 0.6) is 5.75 Å². The molecule has 1 aliphatic carbocycles. The number of carbonyl (C=O) groups is 1. The van der Waals surface area contributed by atoms with Crippen molar-refractivity contribution in [2.24, 2.45) is 5.92 Å². The zero-order chi connectivity index (χ0) is 15.5. The highest BCUT2D eigenvalue weighted by atomic mass is 16.5. The molecule has 0 unspecified atom stereocenters. The molecule has 0 heterocycles. The third kappa shape index (κ3) is 3.78. The molecule has 1 atom stereocenters. The van der Waals surface area contributed by atoms with Crippen molar-refractivity contribution in [3.63, 3.8) is 0 Å². The molecule has 0 aliphatic heterocycles. The highest BCUT2D eigenvalue weighted by Gasteiger charge is 2.48. The Balaban J connectivity index is 2.10. The lowest BCUT2D eigenvalue weighted by atomic mass is 9.96. The van der Waals surface area contributed by atoms with Crippen molar-refractivity contribution in [1.82, 2.24) is 0 Å². The molecule has 112 valence electrons. The Kier molecular flexibility index (Phi) is 4.57. The first kappa shape index (κ1) is 15.4. The van der Waals surface area contributed by atoms with E-state index in [9.17, 15) is 4.79 Å². The van der Waals surface area contributed by atoms with E-state index < -0.39 is 5.97 Å². The molecule has 0 bridgehead atoms. The van der Waals surface area contributed by atoms with Gasteiger partial charge in [0.1, 0.15) is 11.4 Å². The summed E-state index contributed by atoms with van der Waals surface area (Å²) in [6, 6.07) is 7.68. The Morgan fingerprint density at radius 3 is 2.38 bits per heavy atom. The molecule has 1 aromatic carbocycles. The predicted octanol–water partition coefficient (Wildman–Crippen LogP) is 3.84. The first-order valence-electron chi connectivity index (χ1n) is 7.40. The van der Waals surface area contributed by atoms with E-state index in [1.807, 2.05) is 24.3 Å². The minimum atomic E-state index is -0.834. The SMILES string of the molecule is CC#C[C@@H](CC(=O)O)c1ccc(OC2(C(C)C)CC2)cc1. The number of ether oxygens (including phenoxy) is 1. The van der Waals surface area contributed by atoms with Crippen LogP contribution in [0.4, 0.5) is 0 Å². The van der Waals surface area contributed by atoms with Gasteiger partial charge in [0.2, 0.25) is 0 Å². The standard InChI is InChI=1S/C18H22O3/c1-4-5-15(12-17(19)20)14-6-8-16(9-7-14)21-18(10-11-18)13(2)3/h6-9,13,15H,10-12H2,1-3H3,(H,19,20)/t15-/m0/s1. The van der Waals surface area contributed by atoms with Gasteiger partial charge in [-0.2, -0.15) is 0 Å². The van der Waals surface area contributed by atoms with Crippen molar-refractivity contribution in [3.8, 4) is 17.6 Å². The van der Waals surface area contributed by atoms with E-state index in [0.29, 0.717) is 5.92 Å². The number of carboxylic acids is 1. The van der Waals surface area contributed by atoms with Gasteiger partial charge >= 0.3 is 5.97 Å². The molecule has 1 aliphatic rings. The van der Waals surface area contributed by atoms with Gasteiger partial charge in [-0.3, -0.25) is 4.79 Å². The van der Waals surface area contributed by atoms with Gasteiger partial charge in [0.15, 0.2) is 0 Å². The summed E-state index contributed by atoms with van der Waals surface area (Å²) in [7, 11) is 0. The fourth-order valence-electron chi connectivity index (χ4n) is 2.52. The van der Waals surface area contributed by atoms with Crippen molar-refractivity contribution >= 4 is 5.97 Å². The molecule has 0 radical (unpaired) electrons. The van der Waals surface area contributed by atoms with Crippen molar-refractivity contribution < 1.29 is 14.6 Å². The molecule has 2 rings (SSSR count). The van der Waals surface area contributed by atoms with Crippen LogP contribution in [0.3, 0.4) is 0 Å². The third-order valence-corrected chi connectivity index (χ3v) is 4.10. The van der Waals surface area contributed by atoms with Crippen LogP contribution in [0, 0.1) is 17.8 Å². The molecule has 3 nitrogen and oxygen atoms in total. The normalized spacial score (nSPS) is 16.8. The van der Waals surface area contributed by atoms with E-state index in [1.165, 1.54) is 0 Å². The predicted molar refractivity (Wildman–Crippen MR) is 82.3 cm³/mol. The second-order valence-corrected chi connectivity index (χ2v) is 5.94. The van der Waals surface area contributed by atoms with E-state index in [1.54, 1.807) is 6.92 Å². The quantitative estimate of drug-likeness (QED) is 0.808. The molecule has 21 heavy (non-hydrogen) atoms. The molecule has 0 saturated heterocycles. The van der Waals surface area contributed by atoms with Crippen LogP contribution < -0.4 is 4.74 Å². The molecule has 0 spiro atoms. The number of hydrogen-bond donors (Lipinski definition) is 1. The van der Waals surface area contributed by atoms with Crippen molar-refractivity contribution in [1.29, 1.82) is 0 Å². The van der Waals surface area contributed by atoms with Crippen LogP contribution in [0.15, 0.2) is 24.3 Å². The summed E-state index contributed by atoms with van der Waals surface area (Å²) in [6.45, 7) is 6.09. The fraction of sp³-hybridized carbons (Fsp3) is 0.500. The minimum Gasteiger partial charge on any atom is -0.487 e. The van der Waals surface area contributed by atoms with E-state index in [-0.39, 0.29) is 17.9 Å². The van der Waals surface area contributed by atoms with Gasteiger partial charge in [0.25, 0.3) is 0 Å². The van der Waals surface area contributed by atoms with E-state index in [2.05, 4.69) is 25.7 Å². The average Bonchev–Trinajstić information content (AvgIpc) is 3.20. The first-order chi connectivity index (χ1) is 9.97. The molecule has 1 aromatic rings. The zero-order valence-corrected chi connectivity index (χ0v) is 12.8. The minimum absolute atomic E-state index is 0.00517. The number of rotatable bonds is 6. The summed E-state index contributed by atoms with van der Waals surface area (Å²) >= 11 is 0.